The summed E-state index contributed by atoms with van der Waals surface area (Å²) in [5, 5.41) is 11.3. The molecule has 2 aliphatic rings. The molecule has 1 amide bonds. The second-order valence-electron chi connectivity index (χ2n) is 7.38. The van der Waals surface area contributed by atoms with Gasteiger partial charge in [0.15, 0.2) is 0 Å². The first kappa shape index (κ1) is 22.3. The van der Waals surface area contributed by atoms with Gasteiger partial charge < -0.3 is 19.2 Å². The molecule has 0 aliphatic carbocycles. The van der Waals surface area contributed by atoms with Crippen molar-refractivity contribution >= 4 is 40.6 Å². The van der Waals surface area contributed by atoms with E-state index in [-0.39, 0.29) is 46.9 Å². The number of Topliss-reactive ketones (excluding diaryl/α,β-unsaturated/α-hetero) is 1. The van der Waals surface area contributed by atoms with E-state index in [1.54, 1.807) is 38.2 Å². The van der Waals surface area contributed by atoms with Gasteiger partial charge in [0.1, 0.15) is 28.3 Å². The topological polar surface area (TPSA) is 97.0 Å². The maximum atomic E-state index is 13.4. The third-order valence-corrected chi connectivity index (χ3v) is 5.23. The van der Waals surface area contributed by atoms with Gasteiger partial charge in [0.05, 0.1) is 11.8 Å². The van der Waals surface area contributed by atoms with Crippen LogP contribution < -0.4 is 15.3 Å². The Morgan fingerprint density at radius 1 is 1.27 bits per heavy atom. The van der Waals surface area contributed by atoms with Gasteiger partial charge in [-0.15, -0.1) is 23.2 Å². The molecule has 7 nitrogen and oxygen atoms in total. The number of nitrogens with zero attached hydrogens (tertiary/aromatic N) is 1. The maximum Gasteiger partial charge on any atom is 0.344 e. The molecule has 0 saturated heterocycles. The molecule has 0 unspecified atom stereocenters. The fourth-order valence-electron chi connectivity index (χ4n) is 4.33. The minimum atomic E-state index is -1.91. The lowest BCUT2D eigenvalue weighted by molar-refractivity contribution is -0.175. The van der Waals surface area contributed by atoms with Crippen LogP contribution in [0.15, 0.2) is 39.5 Å². The molecule has 9 heteroatoms. The molecule has 2 aromatic rings. The molecular formula is C21H21Cl2NO6. The maximum absolute atomic E-state index is 13.4. The van der Waals surface area contributed by atoms with Crippen molar-refractivity contribution in [2.45, 2.75) is 37.9 Å². The van der Waals surface area contributed by atoms with Crippen LogP contribution in [0, 0.1) is 6.92 Å². The molecule has 1 aromatic carbocycles. The van der Waals surface area contributed by atoms with Gasteiger partial charge in [-0.3, -0.25) is 9.59 Å². The van der Waals surface area contributed by atoms with E-state index < -0.39 is 16.8 Å². The highest BCUT2D eigenvalue weighted by molar-refractivity contribution is 6.40. The molecule has 4 rings (SSSR count). The molecule has 30 heavy (non-hydrogen) atoms. The summed E-state index contributed by atoms with van der Waals surface area (Å²) in [7, 11) is 1.62. The summed E-state index contributed by atoms with van der Waals surface area (Å²) in [6.45, 7) is 2.91. The van der Waals surface area contributed by atoms with Crippen molar-refractivity contribution in [3.8, 4) is 5.75 Å². The van der Waals surface area contributed by atoms with Gasteiger partial charge in [-0.2, -0.15) is 0 Å². The first-order valence-corrected chi connectivity index (χ1v) is 10.2. The summed E-state index contributed by atoms with van der Waals surface area (Å²) in [5.41, 5.74) is -0.880. The normalized spacial score (nSPS) is 23.9. The van der Waals surface area contributed by atoms with Crippen LogP contribution in [-0.2, 0) is 15.0 Å². The molecule has 160 valence electrons. The van der Waals surface area contributed by atoms with Crippen LogP contribution in [0.4, 0.5) is 5.69 Å². The number of aliphatic hydroxyl groups is 1. The molecule has 2 aliphatic heterocycles. The van der Waals surface area contributed by atoms with Crippen molar-refractivity contribution in [3.05, 3.63) is 57.6 Å². The lowest BCUT2D eigenvalue weighted by Crippen LogP contribution is -2.55. The minimum Gasteiger partial charge on any atom is -0.461 e. The van der Waals surface area contributed by atoms with Gasteiger partial charge in [-0.25, -0.2) is 4.79 Å². The molecule has 0 saturated carbocycles. The number of halogens is 2. The van der Waals surface area contributed by atoms with E-state index in [1.807, 2.05) is 0 Å². The summed E-state index contributed by atoms with van der Waals surface area (Å²) >= 11 is 9.53. The molecule has 0 radical (unpaired) electrons. The monoisotopic (exact) mass is 453 g/mol. The van der Waals surface area contributed by atoms with Crippen molar-refractivity contribution in [1.82, 2.24) is 0 Å². The van der Waals surface area contributed by atoms with Gasteiger partial charge in [-0.05, 0) is 25.5 Å². The largest absolute Gasteiger partial charge is 0.461 e. The highest BCUT2D eigenvalue weighted by Gasteiger charge is 2.61. The van der Waals surface area contributed by atoms with Crippen LogP contribution in [0.25, 0.3) is 0 Å². The molecule has 1 aromatic heterocycles. The van der Waals surface area contributed by atoms with Gasteiger partial charge in [0, 0.05) is 25.2 Å². The van der Waals surface area contributed by atoms with E-state index in [0.29, 0.717) is 11.3 Å². The zero-order chi connectivity index (χ0) is 22.3. The fourth-order valence-corrected chi connectivity index (χ4v) is 4.33. The second kappa shape index (κ2) is 8.06. The Bertz CT molecular complexity index is 1070. The zero-order valence-electron chi connectivity index (χ0n) is 16.7. The van der Waals surface area contributed by atoms with E-state index in [1.165, 1.54) is 17.9 Å². The number of aryl methyl sites for hydroxylation is 1. The van der Waals surface area contributed by atoms with Crippen molar-refractivity contribution in [1.29, 1.82) is 0 Å². The van der Waals surface area contributed by atoms with Crippen LogP contribution in [0.2, 0.25) is 0 Å². The Hall–Kier alpha value is -2.35. The Labute approximate surface area is 183 Å². The van der Waals surface area contributed by atoms with E-state index >= 15 is 0 Å². The number of hydrogen-bond acceptors (Lipinski definition) is 6. The number of carbonyl (C=O) groups is 2. The number of alkyl halides is 2. The average molecular weight is 454 g/mol. The Morgan fingerprint density at radius 3 is 2.53 bits per heavy atom. The summed E-state index contributed by atoms with van der Waals surface area (Å²) in [4.78, 5) is 39.4. The van der Waals surface area contributed by atoms with Crippen LogP contribution in [0.5, 0.6) is 5.75 Å². The lowest BCUT2D eigenvalue weighted by atomic mass is 9.69. The van der Waals surface area contributed by atoms with Gasteiger partial charge in [-0.1, -0.05) is 18.2 Å². The number of hydrogen-bond donors (Lipinski definition) is 1. The SMILES string of the molecule is CC(=O)C[C@@]1(O)C[C@]2(C(=O)N(C)c3ccccc32)c2c(cc(C)oc2=O)O1.ClCCl. The Morgan fingerprint density at radius 2 is 1.90 bits per heavy atom. The van der Waals surface area contributed by atoms with Crippen molar-refractivity contribution < 1.29 is 23.8 Å². The molecule has 3 heterocycles. The average Bonchev–Trinajstić information content (AvgIpc) is 2.83. The zero-order valence-corrected chi connectivity index (χ0v) is 18.2. The number of likely N-dealkylation sites (N-methyl/N-ethyl adjacent to an activating group) is 1. The number of anilines is 1. The summed E-state index contributed by atoms with van der Waals surface area (Å²) in [5.74, 6) is -2.22. The predicted octanol–water partition coefficient (Wildman–Crippen LogP) is 3.08. The number of fused-ring (bicyclic) bond motifs is 4. The third kappa shape index (κ3) is 3.51. The molecule has 0 fully saturated rings. The van der Waals surface area contributed by atoms with E-state index in [0.717, 1.165) is 0 Å². The molecular weight excluding hydrogens is 433 g/mol. The minimum absolute atomic E-state index is 0.0585. The molecule has 0 bridgehead atoms. The van der Waals surface area contributed by atoms with E-state index in [9.17, 15) is 19.5 Å². The highest BCUT2D eigenvalue weighted by Crippen LogP contribution is 2.54. The Kier molecular flexibility index (Phi) is 6.00. The molecule has 1 spiro atoms. The van der Waals surface area contributed by atoms with Gasteiger partial charge in [0.25, 0.3) is 0 Å². The Balaban J connectivity index is 0.000000806. The van der Waals surface area contributed by atoms with Crippen molar-refractivity contribution in [2.24, 2.45) is 0 Å². The molecule has 2 atom stereocenters. The number of ketones is 1. The number of para-hydroxylation sites is 1. The summed E-state index contributed by atoms with van der Waals surface area (Å²) in [6, 6.07) is 8.55. The first-order chi connectivity index (χ1) is 14.1. The molecule has 1 N–H and O–H groups in total. The van der Waals surface area contributed by atoms with E-state index in [2.05, 4.69) is 0 Å². The van der Waals surface area contributed by atoms with Crippen molar-refractivity contribution in [2.75, 3.05) is 17.3 Å². The number of carbonyl (C=O) groups excluding carboxylic acids is 2. The number of benzene rings is 1. The van der Waals surface area contributed by atoms with Gasteiger partial charge in [0.2, 0.25) is 11.7 Å². The summed E-state index contributed by atoms with van der Waals surface area (Å²) < 4.78 is 10.9. The fraction of sp³-hybridized carbons (Fsp3) is 0.381. The quantitative estimate of drug-likeness (QED) is 0.701. The number of ether oxygens (including phenoxy) is 1. The second-order valence-corrected chi connectivity index (χ2v) is 8.18. The van der Waals surface area contributed by atoms with Crippen molar-refractivity contribution in [3.63, 3.8) is 0 Å². The standard InChI is InChI=1S/C20H19NO6.CH2Cl2/c1-11(22)9-19(25)10-20(16-15(27-19)8-12(2)26-17(16)23)13-6-4-5-7-14(13)21(3)18(20)24;2-1-3/h4-8,25H,9-10H2,1-3H3;1H2/t19-,20+;/m0./s1. The predicted molar refractivity (Wildman–Crippen MR) is 112 cm³/mol. The highest BCUT2D eigenvalue weighted by atomic mass is 35.5. The first-order valence-electron chi connectivity index (χ1n) is 9.15. The number of amides is 1. The van der Waals surface area contributed by atoms with Crippen LogP contribution in [0.3, 0.4) is 0 Å². The third-order valence-electron chi connectivity index (χ3n) is 5.23. The lowest BCUT2D eigenvalue weighted by Gasteiger charge is -2.42. The smallest absolute Gasteiger partial charge is 0.344 e. The van der Waals surface area contributed by atoms with Crippen LogP contribution in [-0.4, -0.2) is 35.0 Å². The van der Waals surface area contributed by atoms with Crippen LogP contribution >= 0.6 is 23.2 Å². The van der Waals surface area contributed by atoms with Gasteiger partial charge >= 0.3 is 5.63 Å². The summed E-state index contributed by atoms with van der Waals surface area (Å²) in [6.07, 6.45) is -0.548. The van der Waals surface area contributed by atoms with E-state index in [4.69, 9.17) is 32.4 Å². The number of rotatable bonds is 2. The van der Waals surface area contributed by atoms with Crippen LogP contribution in [0.1, 0.15) is 36.7 Å².